The Morgan fingerprint density at radius 2 is 1.82 bits per heavy atom. The molecular formula is C24H25N3O5S. The summed E-state index contributed by atoms with van der Waals surface area (Å²) in [7, 11) is 0.777. The van der Waals surface area contributed by atoms with E-state index in [1.165, 1.54) is 24.4 Å². The number of hydrogen-bond acceptors (Lipinski definition) is 7. The van der Waals surface area contributed by atoms with E-state index in [0.29, 0.717) is 29.9 Å². The van der Waals surface area contributed by atoms with Crippen molar-refractivity contribution in [1.29, 1.82) is 5.26 Å². The Morgan fingerprint density at radius 3 is 2.42 bits per heavy atom. The first kappa shape index (κ1) is 24.0. The third kappa shape index (κ3) is 5.08. The highest BCUT2D eigenvalue weighted by Gasteiger charge is 2.28. The zero-order valence-electron chi connectivity index (χ0n) is 18.9. The molecule has 0 spiro atoms. The molecule has 0 aliphatic rings. The lowest BCUT2D eigenvalue weighted by molar-refractivity contribution is 0.103. The lowest BCUT2D eigenvalue weighted by Gasteiger charge is -2.12. The summed E-state index contributed by atoms with van der Waals surface area (Å²) in [5, 5.41) is 10.0. The number of carbonyl (C=O) groups excluding carboxylic acids is 1. The number of ether oxygens (including phenoxy) is 2. The molecule has 9 heteroatoms. The Balaban J connectivity index is 2.24. The van der Waals surface area contributed by atoms with Crippen LogP contribution >= 0.6 is 0 Å². The van der Waals surface area contributed by atoms with Crippen LogP contribution in [0.2, 0.25) is 0 Å². The second-order valence-corrected chi connectivity index (χ2v) is 9.41. The molecular weight excluding hydrogens is 442 g/mol. The topological polar surface area (TPSA) is 102 Å². The van der Waals surface area contributed by atoms with Gasteiger partial charge in [-0.15, -0.1) is 0 Å². The number of Topliss-reactive ketones (excluding diaryl/α,β-unsaturated/α-hetero) is 1. The summed E-state index contributed by atoms with van der Waals surface area (Å²) in [5.74, 6) is -0.187. The highest BCUT2D eigenvalue weighted by Crippen LogP contribution is 2.30. The minimum absolute atomic E-state index is 0.0372. The molecule has 0 saturated heterocycles. The van der Waals surface area contributed by atoms with Crippen LogP contribution in [0.25, 0.3) is 10.9 Å². The maximum atomic E-state index is 13.6. The van der Waals surface area contributed by atoms with Gasteiger partial charge in [0, 0.05) is 32.8 Å². The van der Waals surface area contributed by atoms with Gasteiger partial charge >= 0.3 is 0 Å². The van der Waals surface area contributed by atoms with Crippen molar-refractivity contribution in [3.8, 4) is 11.8 Å². The van der Waals surface area contributed by atoms with Gasteiger partial charge in [0.05, 0.1) is 17.0 Å². The van der Waals surface area contributed by atoms with Crippen LogP contribution in [0.1, 0.15) is 16.1 Å². The van der Waals surface area contributed by atoms with Gasteiger partial charge in [0.1, 0.15) is 29.7 Å². The molecule has 1 heterocycles. The summed E-state index contributed by atoms with van der Waals surface area (Å²) in [6, 6.07) is 14.6. The van der Waals surface area contributed by atoms with Crippen molar-refractivity contribution in [2.24, 2.45) is 0 Å². The fourth-order valence-corrected chi connectivity index (χ4v) is 4.78. The van der Waals surface area contributed by atoms with E-state index < -0.39 is 15.8 Å². The van der Waals surface area contributed by atoms with E-state index in [4.69, 9.17) is 9.47 Å². The maximum Gasteiger partial charge on any atom is 0.268 e. The first-order chi connectivity index (χ1) is 15.7. The van der Waals surface area contributed by atoms with Crippen molar-refractivity contribution in [2.75, 3.05) is 34.4 Å². The summed E-state index contributed by atoms with van der Waals surface area (Å²) >= 11 is 0. The van der Waals surface area contributed by atoms with Gasteiger partial charge in [-0.25, -0.2) is 12.4 Å². The molecule has 0 N–H and O–H groups in total. The first-order valence-corrected chi connectivity index (χ1v) is 11.6. The highest BCUT2D eigenvalue weighted by molar-refractivity contribution is 7.90. The Kier molecular flexibility index (Phi) is 7.21. The number of hydrogen-bond donors (Lipinski definition) is 0. The number of methoxy groups -OCH3 is 1. The van der Waals surface area contributed by atoms with Crippen LogP contribution in [0.15, 0.2) is 65.2 Å². The summed E-state index contributed by atoms with van der Waals surface area (Å²) in [6.07, 6.45) is 1.36. The number of aryl methyl sites for hydroxylation is 1. The van der Waals surface area contributed by atoms with Gasteiger partial charge in [-0.05, 0) is 43.3 Å². The highest BCUT2D eigenvalue weighted by atomic mass is 32.2. The zero-order valence-corrected chi connectivity index (χ0v) is 19.7. The predicted octanol–water partition coefficient (Wildman–Crippen LogP) is 3.36. The van der Waals surface area contributed by atoms with Crippen LogP contribution in [0.3, 0.4) is 0 Å². The fourth-order valence-electron chi connectivity index (χ4n) is 3.27. The van der Waals surface area contributed by atoms with E-state index in [2.05, 4.69) is 0 Å². The molecule has 0 atom stereocenters. The average molecular weight is 468 g/mol. The summed E-state index contributed by atoms with van der Waals surface area (Å²) < 4.78 is 38.9. The number of rotatable bonds is 9. The molecule has 1 aromatic heterocycles. The van der Waals surface area contributed by atoms with E-state index in [9.17, 15) is 18.5 Å². The minimum Gasteiger partial charge on any atom is -0.491 e. The van der Waals surface area contributed by atoms with Crippen molar-refractivity contribution >= 4 is 26.7 Å². The van der Waals surface area contributed by atoms with Gasteiger partial charge in [0.2, 0.25) is 5.78 Å². The van der Waals surface area contributed by atoms with Crippen molar-refractivity contribution < 1.29 is 22.7 Å². The molecule has 3 rings (SSSR count). The number of nitrogens with zero attached hydrogens (tertiary/aromatic N) is 3. The van der Waals surface area contributed by atoms with Crippen LogP contribution in [-0.2, 0) is 14.8 Å². The van der Waals surface area contributed by atoms with Crippen LogP contribution in [0.5, 0.6) is 5.75 Å². The molecule has 172 valence electrons. The number of aromatic nitrogens is 1. The number of benzene rings is 2. The Hall–Kier alpha value is -3.61. The van der Waals surface area contributed by atoms with Crippen molar-refractivity contribution in [2.45, 2.75) is 11.8 Å². The molecule has 3 aromatic rings. The predicted molar refractivity (Wildman–Crippen MR) is 125 cm³/mol. The largest absolute Gasteiger partial charge is 0.491 e. The molecule has 0 fully saturated rings. The van der Waals surface area contributed by atoms with Crippen molar-refractivity contribution in [3.63, 3.8) is 0 Å². The van der Waals surface area contributed by atoms with Gasteiger partial charge in [-0.3, -0.25) is 4.79 Å². The van der Waals surface area contributed by atoms with Crippen LogP contribution in [-0.4, -0.2) is 57.5 Å². The number of allylic oxidation sites excluding steroid dienone is 1. The normalized spacial score (nSPS) is 11.9. The molecule has 0 aliphatic carbocycles. The second-order valence-electron chi connectivity index (χ2n) is 7.62. The van der Waals surface area contributed by atoms with Gasteiger partial charge in [-0.2, -0.15) is 5.26 Å². The number of nitriles is 1. The summed E-state index contributed by atoms with van der Waals surface area (Å²) in [6.45, 7) is 2.57. The molecule has 0 bridgehead atoms. The van der Waals surface area contributed by atoms with Gasteiger partial charge in [-0.1, -0.05) is 17.7 Å². The lowest BCUT2D eigenvalue weighted by Crippen LogP contribution is -2.20. The third-order valence-electron chi connectivity index (χ3n) is 4.83. The van der Waals surface area contributed by atoms with Gasteiger partial charge < -0.3 is 14.4 Å². The molecule has 0 aliphatic heterocycles. The van der Waals surface area contributed by atoms with Crippen LogP contribution in [0.4, 0.5) is 0 Å². The maximum absolute atomic E-state index is 13.6. The molecule has 0 amide bonds. The number of ketones is 1. The monoisotopic (exact) mass is 467 g/mol. The van der Waals surface area contributed by atoms with E-state index in [1.54, 1.807) is 56.4 Å². The molecule has 0 unspecified atom stereocenters. The van der Waals surface area contributed by atoms with E-state index in [0.717, 1.165) is 9.54 Å². The SMILES string of the molecule is COCCOc1ccc2c(c1)cc(C(=O)C(C#N)=CN(C)C)n2S(=O)(=O)c1ccc(C)cc1. The van der Waals surface area contributed by atoms with E-state index >= 15 is 0 Å². The lowest BCUT2D eigenvalue weighted by atomic mass is 10.1. The Labute approximate surface area is 193 Å². The fraction of sp³-hybridized carbons (Fsp3) is 0.250. The molecule has 2 aromatic carbocycles. The van der Waals surface area contributed by atoms with Crippen LogP contribution in [0, 0.1) is 18.3 Å². The average Bonchev–Trinajstić information content (AvgIpc) is 3.17. The van der Waals surface area contributed by atoms with Crippen molar-refractivity contribution in [3.05, 3.63) is 71.6 Å². The zero-order chi connectivity index (χ0) is 24.2. The Morgan fingerprint density at radius 1 is 1.12 bits per heavy atom. The first-order valence-electron chi connectivity index (χ1n) is 10.1. The minimum atomic E-state index is -4.13. The molecule has 0 radical (unpaired) electrons. The van der Waals surface area contributed by atoms with Gasteiger partial charge in [0.15, 0.2) is 0 Å². The third-order valence-corrected chi connectivity index (χ3v) is 6.57. The molecule has 8 nitrogen and oxygen atoms in total. The molecule has 33 heavy (non-hydrogen) atoms. The Bertz CT molecular complexity index is 1350. The van der Waals surface area contributed by atoms with E-state index in [1.807, 2.05) is 13.0 Å². The van der Waals surface area contributed by atoms with Crippen LogP contribution < -0.4 is 4.74 Å². The molecule has 0 saturated carbocycles. The van der Waals surface area contributed by atoms with Gasteiger partial charge in [0.25, 0.3) is 10.0 Å². The van der Waals surface area contributed by atoms with Crippen molar-refractivity contribution in [1.82, 2.24) is 8.87 Å². The standard InChI is InChI=1S/C24H25N3O5S/c1-17-5-8-21(9-6-17)33(29,30)27-22-10-7-20(32-12-11-31-4)13-18(22)14-23(27)24(28)19(15-25)16-26(2)3/h5-10,13-14,16H,11-12H2,1-4H3. The summed E-state index contributed by atoms with van der Waals surface area (Å²) in [5.41, 5.74) is 0.898. The number of fused-ring (bicyclic) bond motifs is 1. The smallest absolute Gasteiger partial charge is 0.268 e. The number of carbonyl (C=O) groups is 1. The summed E-state index contributed by atoms with van der Waals surface area (Å²) in [4.78, 5) is 14.9. The van der Waals surface area contributed by atoms with E-state index in [-0.39, 0.29) is 16.2 Å². The quantitative estimate of drug-likeness (QED) is 0.206. The second kappa shape index (κ2) is 9.90.